The highest BCUT2D eigenvalue weighted by Crippen LogP contribution is 2.13. The highest BCUT2D eigenvalue weighted by molar-refractivity contribution is 5.87. The van der Waals surface area contributed by atoms with Gasteiger partial charge in [0.25, 0.3) is 0 Å². The van der Waals surface area contributed by atoms with Crippen LogP contribution in [0.2, 0.25) is 0 Å². The minimum absolute atomic E-state index is 0.0885. The average Bonchev–Trinajstić information content (AvgIpc) is 2.69. The van der Waals surface area contributed by atoms with Gasteiger partial charge in [-0.2, -0.15) is 5.10 Å². The lowest BCUT2D eigenvalue weighted by Gasteiger charge is -2.27. The van der Waals surface area contributed by atoms with Gasteiger partial charge in [-0.1, -0.05) is 42.5 Å². The van der Waals surface area contributed by atoms with Gasteiger partial charge in [-0.3, -0.25) is 9.69 Å². The fraction of sp³-hybridized carbons (Fsp3) is 0.333. The number of hydrogen-bond acceptors (Lipinski definition) is 4. The maximum Gasteiger partial charge on any atom is 0.244 e. The number of carbonyl (C=O) groups excluding carboxylic acids is 1. The van der Waals surface area contributed by atoms with Crippen LogP contribution in [-0.2, 0) is 17.8 Å². The van der Waals surface area contributed by atoms with Gasteiger partial charge in [-0.05, 0) is 23.3 Å². The Labute approximate surface area is 154 Å². The van der Waals surface area contributed by atoms with Crippen LogP contribution in [-0.4, -0.2) is 36.7 Å². The van der Waals surface area contributed by atoms with E-state index in [1.54, 1.807) is 7.11 Å². The molecule has 2 aromatic rings. The molecule has 1 heterocycles. The molecule has 1 saturated heterocycles. The van der Waals surface area contributed by atoms with E-state index in [2.05, 4.69) is 39.7 Å². The van der Waals surface area contributed by atoms with Gasteiger partial charge >= 0.3 is 0 Å². The summed E-state index contributed by atoms with van der Waals surface area (Å²) in [4.78, 5) is 14.5. The molecule has 0 spiro atoms. The van der Waals surface area contributed by atoms with E-state index >= 15 is 0 Å². The first-order valence-electron chi connectivity index (χ1n) is 8.96. The predicted molar refractivity (Wildman–Crippen MR) is 103 cm³/mol. The second kappa shape index (κ2) is 9.15. The molecule has 0 atom stereocenters. The number of ether oxygens (including phenoxy) is 1. The first-order chi connectivity index (χ1) is 12.7. The van der Waals surface area contributed by atoms with Crippen molar-refractivity contribution in [3.05, 3.63) is 65.7 Å². The van der Waals surface area contributed by atoms with Gasteiger partial charge in [0.15, 0.2) is 0 Å². The van der Waals surface area contributed by atoms with E-state index in [9.17, 15) is 4.79 Å². The number of carbonyl (C=O) groups is 1. The number of nitrogens with zero attached hydrogens (tertiary/aromatic N) is 2. The predicted octanol–water partition coefficient (Wildman–Crippen LogP) is 3.01. The Bertz CT molecular complexity index is 732. The summed E-state index contributed by atoms with van der Waals surface area (Å²) in [5.74, 6) is 0.700. The quantitative estimate of drug-likeness (QED) is 0.814. The van der Waals surface area contributed by atoms with E-state index in [0.29, 0.717) is 6.42 Å². The van der Waals surface area contributed by atoms with E-state index in [-0.39, 0.29) is 5.91 Å². The fourth-order valence-corrected chi connectivity index (χ4v) is 3.03. The third kappa shape index (κ3) is 5.43. The summed E-state index contributed by atoms with van der Waals surface area (Å²) >= 11 is 0. The maximum absolute atomic E-state index is 12.1. The number of nitrogens with one attached hydrogen (secondary N) is 1. The van der Waals surface area contributed by atoms with Crippen molar-refractivity contribution in [2.45, 2.75) is 25.8 Å². The van der Waals surface area contributed by atoms with Crippen molar-refractivity contribution in [1.82, 2.24) is 10.3 Å². The molecule has 0 saturated carbocycles. The largest absolute Gasteiger partial charge is 0.497 e. The topological polar surface area (TPSA) is 53.9 Å². The van der Waals surface area contributed by atoms with Crippen molar-refractivity contribution in [1.29, 1.82) is 0 Å². The minimum atomic E-state index is -0.0885. The number of benzene rings is 2. The summed E-state index contributed by atoms with van der Waals surface area (Å²) in [5, 5.41) is 4.32. The molecule has 0 bridgehead atoms. The van der Waals surface area contributed by atoms with Gasteiger partial charge in [0.2, 0.25) is 5.91 Å². The van der Waals surface area contributed by atoms with E-state index in [1.807, 2.05) is 30.3 Å². The Hall–Kier alpha value is -2.66. The molecule has 3 rings (SSSR count). The summed E-state index contributed by atoms with van der Waals surface area (Å²) in [6.45, 7) is 2.92. The molecule has 0 aromatic heterocycles. The normalized spacial score (nSPS) is 14.7. The molecule has 1 N–H and O–H groups in total. The van der Waals surface area contributed by atoms with Crippen LogP contribution in [0, 0.1) is 0 Å². The lowest BCUT2D eigenvalue weighted by atomic mass is 10.1. The van der Waals surface area contributed by atoms with Crippen LogP contribution in [0.1, 0.15) is 24.0 Å². The van der Waals surface area contributed by atoms with E-state index < -0.39 is 0 Å². The van der Waals surface area contributed by atoms with Crippen molar-refractivity contribution in [2.75, 3.05) is 20.2 Å². The van der Waals surface area contributed by atoms with E-state index in [0.717, 1.165) is 49.5 Å². The molecule has 1 aliphatic rings. The van der Waals surface area contributed by atoms with Gasteiger partial charge in [-0.25, -0.2) is 5.43 Å². The lowest BCUT2D eigenvalue weighted by molar-refractivity contribution is -0.120. The van der Waals surface area contributed by atoms with Crippen LogP contribution in [0.15, 0.2) is 59.7 Å². The van der Waals surface area contributed by atoms with Crippen molar-refractivity contribution >= 4 is 11.6 Å². The summed E-state index contributed by atoms with van der Waals surface area (Å²) in [5.41, 5.74) is 6.04. The van der Waals surface area contributed by atoms with Crippen LogP contribution in [0.5, 0.6) is 5.75 Å². The first kappa shape index (κ1) is 18.1. The van der Waals surface area contributed by atoms with Crippen molar-refractivity contribution in [3.8, 4) is 5.75 Å². The Morgan fingerprint density at radius 2 is 1.73 bits per heavy atom. The number of piperidine rings is 1. The van der Waals surface area contributed by atoms with E-state index in [4.69, 9.17) is 4.74 Å². The van der Waals surface area contributed by atoms with Crippen molar-refractivity contribution < 1.29 is 9.53 Å². The Morgan fingerprint density at radius 3 is 2.38 bits per heavy atom. The zero-order valence-corrected chi connectivity index (χ0v) is 15.1. The molecule has 26 heavy (non-hydrogen) atoms. The van der Waals surface area contributed by atoms with Crippen LogP contribution >= 0.6 is 0 Å². The van der Waals surface area contributed by atoms with Crippen LogP contribution in [0.3, 0.4) is 0 Å². The number of hydrazone groups is 1. The molecule has 5 nitrogen and oxygen atoms in total. The molecule has 0 unspecified atom stereocenters. The molecular formula is C21H25N3O2. The zero-order valence-electron chi connectivity index (χ0n) is 15.1. The number of methoxy groups -OCH3 is 1. The standard InChI is InChI=1S/C21H25N3O2/c1-26-20-9-7-17(8-10-20)15-21(25)23-22-19-11-13-24(14-12-19)16-18-5-3-2-4-6-18/h2-10H,11-16H2,1H3,(H,23,25). The molecular weight excluding hydrogens is 326 g/mol. The molecule has 1 amide bonds. The maximum atomic E-state index is 12.1. The molecule has 1 aliphatic heterocycles. The third-order valence-electron chi connectivity index (χ3n) is 4.54. The highest BCUT2D eigenvalue weighted by Gasteiger charge is 2.15. The van der Waals surface area contributed by atoms with Crippen LogP contribution < -0.4 is 10.2 Å². The second-order valence-electron chi connectivity index (χ2n) is 6.50. The molecule has 5 heteroatoms. The van der Waals surface area contributed by atoms with Gasteiger partial charge in [0.05, 0.1) is 13.5 Å². The second-order valence-corrected chi connectivity index (χ2v) is 6.50. The summed E-state index contributed by atoms with van der Waals surface area (Å²) in [7, 11) is 1.63. The summed E-state index contributed by atoms with van der Waals surface area (Å²) < 4.78 is 5.12. The van der Waals surface area contributed by atoms with Gasteiger partial charge in [0.1, 0.15) is 5.75 Å². The zero-order chi connectivity index (χ0) is 18.2. The fourth-order valence-electron chi connectivity index (χ4n) is 3.03. The first-order valence-corrected chi connectivity index (χ1v) is 8.96. The monoisotopic (exact) mass is 351 g/mol. The minimum Gasteiger partial charge on any atom is -0.497 e. The Kier molecular flexibility index (Phi) is 6.39. The number of hydrogen-bond donors (Lipinski definition) is 1. The third-order valence-corrected chi connectivity index (χ3v) is 4.54. The summed E-state index contributed by atoms with van der Waals surface area (Å²) in [6, 6.07) is 18.0. The van der Waals surface area contributed by atoms with Crippen molar-refractivity contribution in [2.24, 2.45) is 5.10 Å². The highest BCUT2D eigenvalue weighted by atomic mass is 16.5. The Morgan fingerprint density at radius 1 is 1.04 bits per heavy atom. The van der Waals surface area contributed by atoms with Crippen molar-refractivity contribution in [3.63, 3.8) is 0 Å². The number of likely N-dealkylation sites (tertiary alicyclic amines) is 1. The van der Waals surface area contributed by atoms with E-state index in [1.165, 1.54) is 5.56 Å². The number of amides is 1. The lowest BCUT2D eigenvalue weighted by Crippen LogP contribution is -2.34. The van der Waals surface area contributed by atoms with Crippen LogP contribution in [0.25, 0.3) is 0 Å². The van der Waals surface area contributed by atoms with Gasteiger partial charge < -0.3 is 4.74 Å². The smallest absolute Gasteiger partial charge is 0.244 e. The van der Waals surface area contributed by atoms with Gasteiger partial charge in [0, 0.05) is 38.2 Å². The molecule has 0 aliphatic carbocycles. The summed E-state index contributed by atoms with van der Waals surface area (Å²) in [6.07, 6.45) is 2.12. The molecule has 136 valence electrons. The molecule has 2 aromatic carbocycles. The Balaban J connectivity index is 1.42. The van der Waals surface area contributed by atoms with Crippen LogP contribution in [0.4, 0.5) is 0 Å². The molecule has 1 fully saturated rings. The van der Waals surface area contributed by atoms with Gasteiger partial charge in [-0.15, -0.1) is 0 Å². The molecule has 0 radical (unpaired) electrons. The SMILES string of the molecule is COc1ccc(CC(=O)NN=C2CCN(Cc3ccccc3)CC2)cc1. The number of rotatable bonds is 6. The average molecular weight is 351 g/mol.